The largest absolute Gasteiger partial charge is 0.466 e. The first kappa shape index (κ1) is 18.4. The molecule has 0 bridgehead atoms. The second-order valence-corrected chi connectivity index (χ2v) is 1.82. The SMILES string of the molecule is CCCOC(=O)CC.FC(F)F.S. The summed E-state index contributed by atoms with van der Waals surface area (Å²) in [6.45, 7) is 0.660. The maximum atomic E-state index is 10.3. The van der Waals surface area contributed by atoms with Crippen molar-refractivity contribution in [2.24, 2.45) is 0 Å². The Bertz CT molecular complexity index is 109. The van der Waals surface area contributed by atoms with Crippen molar-refractivity contribution in [3.05, 3.63) is 0 Å². The lowest BCUT2D eigenvalue weighted by Gasteiger charge is -1.97. The number of halogens is 3. The van der Waals surface area contributed by atoms with Gasteiger partial charge < -0.3 is 4.74 Å². The van der Waals surface area contributed by atoms with E-state index in [0.29, 0.717) is 13.0 Å². The van der Waals surface area contributed by atoms with Crippen LogP contribution >= 0.6 is 13.5 Å². The van der Waals surface area contributed by atoms with E-state index in [1.54, 1.807) is 6.92 Å². The smallest absolute Gasteiger partial charge is 0.379 e. The van der Waals surface area contributed by atoms with Crippen molar-refractivity contribution in [1.82, 2.24) is 0 Å². The van der Waals surface area contributed by atoms with Crippen LogP contribution in [0.5, 0.6) is 0 Å². The highest BCUT2D eigenvalue weighted by Crippen LogP contribution is 1.87. The van der Waals surface area contributed by atoms with Gasteiger partial charge in [0.05, 0.1) is 6.61 Å². The molecular weight excluding hydrogens is 205 g/mol. The molecule has 0 saturated carbocycles. The minimum absolute atomic E-state index is 0. The fourth-order valence-corrected chi connectivity index (χ4v) is 0.318. The molecule has 6 heteroatoms. The molecule has 0 aliphatic rings. The van der Waals surface area contributed by atoms with E-state index in [4.69, 9.17) is 4.74 Å². The Morgan fingerprint density at radius 1 is 1.31 bits per heavy atom. The summed E-state index contributed by atoms with van der Waals surface area (Å²) in [6, 6.07) is 0. The van der Waals surface area contributed by atoms with Crippen LogP contribution in [0.2, 0.25) is 0 Å². The van der Waals surface area contributed by atoms with Gasteiger partial charge in [0.1, 0.15) is 0 Å². The number of hydrogen-bond donors (Lipinski definition) is 0. The Morgan fingerprint density at radius 3 is 1.92 bits per heavy atom. The zero-order chi connectivity index (χ0) is 9.98. The molecule has 0 atom stereocenters. The molecule has 0 aliphatic carbocycles. The lowest BCUT2D eigenvalue weighted by atomic mass is 10.5. The van der Waals surface area contributed by atoms with E-state index in [2.05, 4.69) is 0 Å². The van der Waals surface area contributed by atoms with Gasteiger partial charge in [0.25, 0.3) is 0 Å². The first-order valence-corrected chi connectivity index (χ1v) is 3.62. The second kappa shape index (κ2) is 14.2. The summed E-state index contributed by atoms with van der Waals surface area (Å²) in [7, 11) is 0. The van der Waals surface area contributed by atoms with Gasteiger partial charge in [-0.1, -0.05) is 13.8 Å². The number of rotatable bonds is 3. The Labute approximate surface area is 82.9 Å². The van der Waals surface area contributed by atoms with E-state index in [1.165, 1.54) is 0 Å². The first-order chi connectivity index (χ1) is 5.54. The van der Waals surface area contributed by atoms with E-state index in [9.17, 15) is 18.0 Å². The predicted octanol–water partition coefficient (Wildman–Crippen LogP) is 2.64. The van der Waals surface area contributed by atoms with Crippen LogP contribution in [0.3, 0.4) is 0 Å². The molecule has 0 aromatic heterocycles. The van der Waals surface area contributed by atoms with Crippen LogP contribution in [0.1, 0.15) is 26.7 Å². The lowest BCUT2D eigenvalue weighted by molar-refractivity contribution is -0.143. The molecule has 0 aliphatic heterocycles. The molecule has 0 N–H and O–H groups in total. The van der Waals surface area contributed by atoms with Gasteiger partial charge in [-0.05, 0) is 6.42 Å². The third kappa shape index (κ3) is 34.1. The summed E-state index contributed by atoms with van der Waals surface area (Å²) in [6.07, 6.45) is 1.39. The number of carbonyl (C=O) groups is 1. The van der Waals surface area contributed by atoms with Gasteiger partial charge in [0.15, 0.2) is 0 Å². The molecule has 0 saturated heterocycles. The summed E-state index contributed by atoms with van der Waals surface area (Å²) in [5, 5.41) is 0. The molecule has 0 aromatic carbocycles. The molecular formula is C7H15F3O2S. The molecule has 82 valence electrons. The number of esters is 1. The molecule has 0 rings (SSSR count). The van der Waals surface area contributed by atoms with Crippen molar-refractivity contribution in [3.63, 3.8) is 0 Å². The van der Waals surface area contributed by atoms with E-state index >= 15 is 0 Å². The lowest BCUT2D eigenvalue weighted by Crippen LogP contribution is -2.02. The van der Waals surface area contributed by atoms with Crippen LogP contribution < -0.4 is 0 Å². The summed E-state index contributed by atoms with van der Waals surface area (Å²) >= 11 is 0. The highest BCUT2D eigenvalue weighted by Gasteiger charge is 1.93. The van der Waals surface area contributed by atoms with Gasteiger partial charge in [-0.3, -0.25) is 4.79 Å². The average Bonchev–Trinajstić information content (AvgIpc) is 1.99. The van der Waals surface area contributed by atoms with Gasteiger partial charge in [0, 0.05) is 6.42 Å². The Morgan fingerprint density at radius 2 is 1.69 bits per heavy atom. The van der Waals surface area contributed by atoms with Crippen LogP contribution in [0.25, 0.3) is 0 Å². The zero-order valence-corrected chi connectivity index (χ0v) is 8.65. The van der Waals surface area contributed by atoms with E-state index in [1.807, 2.05) is 6.92 Å². The Kier molecular flexibility index (Phi) is 20.0. The fourth-order valence-electron chi connectivity index (χ4n) is 0.318. The highest BCUT2D eigenvalue weighted by molar-refractivity contribution is 7.59. The molecule has 0 radical (unpaired) electrons. The maximum absolute atomic E-state index is 10.3. The third-order valence-electron chi connectivity index (χ3n) is 0.756. The molecule has 13 heavy (non-hydrogen) atoms. The standard InChI is InChI=1S/C6H12O2.CHF3.H2S/c1-3-5-8-6(7)4-2;2-1(3)4;/h3-5H2,1-2H3;1H;1H2. The van der Waals surface area contributed by atoms with Gasteiger partial charge in [-0.25, -0.2) is 0 Å². The number of hydrogen-bond acceptors (Lipinski definition) is 2. The summed E-state index contributed by atoms with van der Waals surface area (Å²) in [5.74, 6) is -0.105. The number of carbonyl (C=O) groups excluding carboxylic acids is 1. The average molecular weight is 220 g/mol. The van der Waals surface area contributed by atoms with Gasteiger partial charge in [0.2, 0.25) is 0 Å². The third-order valence-corrected chi connectivity index (χ3v) is 0.756. The molecule has 0 unspecified atom stereocenters. The number of alkyl halides is 3. The molecule has 0 aromatic rings. The zero-order valence-electron chi connectivity index (χ0n) is 7.65. The van der Waals surface area contributed by atoms with Crippen LogP contribution in [0.4, 0.5) is 13.2 Å². The topological polar surface area (TPSA) is 26.3 Å². The first-order valence-electron chi connectivity index (χ1n) is 3.62. The summed E-state index contributed by atoms with van der Waals surface area (Å²) < 4.78 is 33.7. The molecule has 0 heterocycles. The Balaban J connectivity index is -0.000000173. The number of ether oxygens (including phenoxy) is 1. The van der Waals surface area contributed by atoms with Gasteiger partial charge in [-0.2, -0.15) is 26.7 Å². The summed E-state index contributed by atoms with van der Waals surface area (Å²) in [4.78, 5) is 10.3. The minimum Gasteiger partial charge on any atom is -0.466 e. The second-order valence-electron chi connectivity index (χ2n) is 1.82. The van der Waals surface area contributed by atoms with Crippen LogP contribution in [-0.4, -0.2) is 19.3 Å². The van der Waals surface area contributed by atoms with Crippen LogP contribution in [0, 0.1) is 0 Å². The molecule has 2 nitrogen and oxygen atoms in total. The fraction of sp³-hybridized carbons (Fsp3) is 0.857. The van der Waals surface area contributed by atoms with Crippen LogP contribution in [-0.2, 0) is 9.53 Å². The van der Waals surface area contributed by atoms with Crippen molar-refractivity contribution in [2.45, 2.75) is 33.4 Å². The monoisotopic (exact) mass is 220 g/mol. The maximum Gasteiger partial charge on any atom is 0.379 e. The summed E-state index contributed by atoms with van der Waals surface area (Å²) in [5.41, 5.74) is 0. The minimum atomic E-state index is -3.67. The Hall–Kier alpha value is -0.390. The quantitative estimate of drug-likeness (QED) is 0.683. The van der Waals surface area contributed by atoms with E-state index < -0.39 is 6.68 Å². The van der Waals surface area contributed by atoms with Crippen molar-refractivity contribution < 1.29 is 22.7 Å². The van der Waals surface area contributed by atoms with E-state index in [-0.39, 0.29) is 19.5 Å². The molecule has 0 spiro atoms. The van der Waals surface area contributed by atoms with Crippen molar-refractivity contribution in [2.75, 3.05) is 6.61 Å². The van der Waals surface area contributed by atoms with Crippen molar-refractivity contribution in [1.29, 1.82) is 0 Å². The highest BCUT2D eigenvalue weighted by atomic mass is 32.1. The van der Waals surface area contributed by atoms with Gasteiger partial charge in [-0.15, -0.1) is 0 Å². The van der Waals surface area contributed by atoms with Gasteiger partial charge >= 0.3 is 12.6 Å². The van der Waals surface area contributed by atoms with Crippen molar-refractivity contribution >= 4 is 19.5 Å². The van der Waals surface area contributed by atoms with Crippen LogP contribution in [0.15, 0.2) is 0 Å². The van der Waals surface area contributed by atoms with Crippen molar-refractivity contribution in [3.8, 4) is 0 Å². The predicted molar refractivity (Wildman–Crippen MR) is 49.0 cm³/mol. The normalized spacial score (nSPS) is 8.15. The molecule has 0 amide bonds. The molecule has 0 fully saturated rings. The van der Waals surface area contributed by atoms with E-state index in [0.717, 1.165) is 6.42 Å².